The van der Waals surface area contributed by atoms with Crippen LogP contribution in [0.3, 0.4) is 0 Å². The van der Waals surface area contributed by atoms with Crippen LogP contribution in [0.5, 0.6) is 11.5 Å². The molecule has 1 N–H and O–H groups in total. The predicted octanol–water partition coefficient (Wildman–Crippen LogP) is 3.01. The van der Waals surface area contributed by atoms with Gasteiger partial charge in [0.15, 0.2) is 0 Å². The average Bonchev–Trinajstić information content (AvgIpc) is 2.37. The third-order valence-corrected chi connectivity index (χ3v) is 3.44. The minimum atomic E-state index is -0.340. The van der Waals surface area contributed by atoms with Gasteiger partial charge in [-0.25, -0.2) is 0 Å². The molecule has 0 saturated heterocycles. The van der Waals surface area contributed by atoms with E-state index in [1.165, 1.54) is 0 Å². The first-order valence-corrected chi connectivity index (χ1v) is 6.76. The van der Waals surface area contributed by atoms with Gasteiger partial charge in [0.2, 0.25) is 0 Å². The Morgan fingerprint density at radius 3 is 2.50 bits per heavy atom. The number of aliphatic hydroxyl groups excluding tert-OH is 1. The fourth-order valence-electron chi connectivity index (χ4n) is 2.40. The molecule has 1 aliphatic carbocycles. The SMILES string of the molecule is CCOc1ccc(OC2CC(C)CCC2O)cc1. The smallest absolute Gasteiger partial charge is 0.125 e. The summed E-state index contributed by atoms with van der Waals surface area (Å²) in [5.41, 5.74) is 0. The van der Waals surface area contributed by atoms with Crippen molar-refractivity contribution in [3.63, 3.8) is 0 Å². The van der Waals surface area contributed by atoms with Crippen LogP contribution in [0.4, 0.5) is 0 Å². The molecule has 18 heavy (non-hydrogen) atoms. The minimum Gasteiger partial charge on any atom is -0.494 e. The van der Waals surface area contributed by atoms with Crippen LogP contribution in [0.25, 0.3) is 0 Å². The Kier molecular flexibility index (Phi) is 4.48. The maximum absolute atomic E-state index is 9.94. The molecule has 0 radical (unpaired) electrons. The molecule has 2 rings (SSSR count). The maximum atomic E-state index is 9.94. The maximum Gasteiger partial charge on any atom is 0.125 e. The van der Waals surface area contributed by atoms with E-state index < -0.39 is 0 Å². The molecular weight excluding hydrogens is 228 g/mol. The van der Waals surface area contributed by atoms with Crippen molar-refractivity contribution in [2.24, 2.45) is 5.92 Å². The van der Waals surface area contributed by atoms with Gasteiger partial charge in [-0.1, -0.05) is 6.92 Å². The van der Waals surface area contributed by atoms with Crippen molar-refractivity contribution in [2.75, 3.05) is 6.61 Å². The number of ether oxygens (including phenoxy) is 2. The zero-order valence-electron chi connectivity index (χ0n) is 11.1. The van der Waals surface area contributed by atoms with E-state index in [2.05, 4.69) is 6.92 Å². The minimum absolute atomic E-state index is 0.0771. The normalized spacial score (nSPS) is 27.8. The molecule has 0 heterocycles. The van der Waals surface area contributed by atoms with Crippen molar-refractivity contribution in [3.05, 3.63) is 24.3 Å². The Morgan fingerprint density at radius 2 is 1.83 bits per heavy atom. The summed E-state index contributed by atoms with van der Waals surface area (Å²) in [6.07, 6.45) is 2.43. The fraction of sp³-hybridized carbons (Fsp3) is 0.600. The van der Waals surface area contributed by atoms with Crippen LogP contribution in [0.2, 0.25) is 0 Å². The largest absolute Gasteiger partial charge is 0.494 e. The third-order valence-electron chi connectivity index (χ3n) is 3.44. The van der Waals surface area contributed by atoms with Crippen molar-refractivity contribution < 1.29 is 14.6 Å². The first-order chi connectivity index (χ1) is 8.69. The van der Waals surface area contributed by atoms with Gasteiger partial charge in [0, 0.05) is 0 Å². The Bertz CT molecular complexity index is 361. The summed E-state index contributed by atoms with van der Waals surface area (Å²) in [6, 6.07) is 7.60. The molecule has 100 valence electrons. The lowest BCUT2D eigenvalue weighted by Crippen LogP contribution is -2.37. The molecule has 3 atom stereocenters. The van der Waals surface area contributed by atoms with Crippen molar-refractivity contribution in [2.45, 2.75) is 45.3 Å². The second-order valence-electron chi connectivity index (χ2n) is 5.05. The summed E-state index contributed by atoms with van der Waals surface area (Å²) >= 11 is 0. The van der Waals surface area contributed by atoms with Gasteiger partial charge in [0.1, 0.15) is 17.6 Å². The lowest BCUT2D eigenvalue weighted by Gasteiger charge is -2.31. The molecule has 0 aromatic heterocycles. The van der Waals surface area contributed by atoms with Gasteiger partial charge < -0.3 is 14.6 Å². The number of hydrogen-bond acceptors (Lipinski definition) is 3. The molecule has 1 fully saturated rings. The van der Waals surface area contributed by atoms with Gasteiger partial charge in [-0.2, -0.15) is 0 Å². The molecule has 3 nitrogen and oxygen atoms in total. The van der Waals surface area contributed by atoms with E-state index >= 15 is 0 Å². The molecule has 1 saturated carbocycles. The van der Waals surface area contributed by atoms with Crippen LogP contribution < -0.4 is 9.47 Å². The molecule has 1 aromatic rings. The first-order valence-electron chi connectivity index (χ1n) is 6.76. The van der Waals surface area contributed by atoms with E-state index in [1.807, 2.05) is 31.2 Å². The van der Waals surface area contributed by atoms with Gasteiger partial charge in [-0.3, -0.25) is 0 Å². The second-order valence-corrected chi connectivity index (χ2v) is 5.05. The van der Waals surface area contributed by atoms with Crippen LogP contribution >= 0.6 is 0 Å². The zero-order chi connectivity index (χ0) is 13.0. The third kappa shape index (κ3) is 3.39. The van der Waals surface area contributed by atoms with Crippen LogP contribution in [-0.2, 0) is 0 Å². The Morgan fingerprint density at radius 1 is 1.17 bits per heavy atom. The average molecular weight is 250 g/mol. The number of benzene rings is 1. The number of rotatable bonds is 4. The van der Waals surface area contributed by atoms with Gasteiger partial charge >= 0.3 is 0 Å². The predicted molar refractivity (Wildman–Crippen MR) is 71.0 cm³/mol. The Labute approximate surface area is 109 Å². The van der Waals surface area contributed by atoms with E-state index in [4.69, 9.17) is 9.47 Å². The topological polar surface area (TPSA) is 38.7 Å². The number of hydrogen-bond donors (Lipinski definition) is 1. The van der Waals surface area contributed by atoms with Crippen molar-refractivity contribution in [1.82, 2.24) is 0 Å². The van der Waals surface area contributed by atoms with Crippen LogP contribution in [0, 0.1) is 5.92 Å². The van der Waals surface area contributed by atoms with Gasteiger partial charge in [-0.15, -0.1) is 0 Å². The quantitative estimate of drug-likeness (QED) is 0.892. The lowest BCUT2D eigenvalue weighted by atomic mass is 9.86. The summed E-state index contributed by atoms with van der Waals surface area (Å²) in [4.78, 5) is 0. The molecule has 3 heteroatoms. The molecular formula is C15H22O3. The lowest BCUT2D eigenvalue weighted by molar-refractivity contribution is -0.00760. The van der Waals surface area contributed by atoms with Crippen LogP contribution in [0.1, 0.15) is 33.1 Å². The highest BCUT2D eigenvalue weighted by atomic mass is 16.5. The number of aliphatic hydroxyl groups is 1. The Hall–Kier alpha value is -1.22. The molecule has 0 spiro atoms. The van der Waals surface area contributed by atoms with E-state index in [-0.39, 0.29) is 12.2 Å². The van der Waals surface area contributed by atoms with Gasteiger partial charge in [-0.05, 0) is 56.4 Å². The van der Waals surface area contributed by atoms with E-state index in [0.717, 1.165) is 30.8 Å². The van der Waals surface area contributed by atoms with Crippen LogP contribution in [0.15, 0.2) is 24.3 Å². The zero-order valence-corrected chi connectivity index (χ0v) is 11.1. The molecule has 0 aliphatic heterocycles. The molecule has 0 bridgehead atoms. The highest BCUT2D eigenvalue weighted by molar-refractivity contribution is 5.31. The van der Waals surface area contributed by atoms with E-state index in [1.54, 1.807) is 0 Å². The van der Waals surface area contributed by atoms with Crippen molar-refractivity contribution in [3.8, 4) is 11.5 Å². The van der Waals surface area contributed by atoms with E-state index in [0.29, 0.717) is 12.5 Å². The van der Waals surface area contributed by atoms with E-state index in [9.17, 15) is 5.11 Å². The molecule has 3 unspecified atom stereocenters. The molecule has 1 aliphatic rings. The highest BCUT2D eigenvalue weighted by Crippen LogP contribution is 2.28. The van der Waals surface area contributed by atoms with Crippen molar-refractivity contribution >= 4 is 0 Å². The molecule has 1 aromatic carbocycles. The summed E-state index contributed by atoms with van der Waals surface area (Å²) in [5.74, 6) is 2.28. The first kappa shape index (κ1) is 13.2. The fourth-order valence-corrected chi connectivity index (χ4v) is 2.40. The van der Waals surface area contributed by atoms with Crippen LogP contribution in [-0.4, -0.2) is 23.9 Å². The Balaban J connectivity index is 1.95. The van der Waals surface area contributed by atoms with Gasteiger partial charge in [0.05, 0.1) is 12.7 Å². The summed E-state index contributed by atoms with van der Waals surface area (Å²) in [7, 11) is 0. The molecule has 0 amide bonds. The highest BCUT2D eigenvalue weighted by Gasteiger charge is 2.28. The monoisotopic (exact) mass is 250 g/mol. The summed E-state index contributed by atoms with van der Waals surface area (Å²) in [6.45, 7) is 4.84. The van der Waals surface area contributed by atoms with Crippen molar-refractivity contribution in [1.29, 1.82) is 0 Å². The second kappa shape index (κ2) is 6.10. The summed E-state index contributed by atoms with van der Waals surface area (Å²) < 4.78 is 11.2. The standard InChI is InChI=1S/C15H22O3/c1-3-17-12-5-7-13(8-6-12)18-15-10-11(2)4-9-14(15)16/h5-8,11,14-16H,3-4,9-10H2,1-2H3. The van der Waals surface area contributed by atoms with Gasteiger partial charge in [0.25, 0.3) is 0 Å². The summed E-state index contributed by atoms with van der Waals surface area (Å²) in [5, 5.41) is 9.94.